The van der Waals surface area contributed by atoms with Gasteiger partial charge in [-0.3, -0.25) is 4.79 Å². The summed E-state index contributed by atoms with van der Waals surface area (Å²) in [6.45, 7) is 2.24. The Morgan fingerprint density at radius 1 is 1.11 bits per heavy atom. The van der Waals surface area contributed by atoms with E-state index in [1.807, 2.05) is 35.9 Å². The van der Waals surface area contributed by atoms with E-state index in [0.29, 0.717) is 17.1 Å². The molecule has 2 heterocycles. The Morgan fingerprint density at radius 3 is 2.63 bits per heavy atom. The van der Waals surface area contributed by atoms with Crippen molar-refractivity contribution in [1.82, 2.24) is 13.7 Å². The van der Waals surface area contributed by atoms with Crippen LogP contribution in [0.1, 0.15) is 21.6 Å². The molecule has 4 aromatic rings. The minimum absolute atomic E-state index is 0.0402. The van der Waals surface area contributed by atoms with Crippen molar-refractivity contribution in [3.05, 3.63) is 83.8 Å². The van der Waals surface area contributed by atoms with E-state index in [9.17, 15) is 13.2 Å². The zero-order chi connectivity index (χ0) is 25.2. The highest BCUT2D eigenvalue weighted by Crippen LogP contribution is 2.29. The molecule has 9 nitrogen and oxygen atoms in total. The number of rotatable bonds is 8. The number of nitrogens with zero attached hydrogens (tertiary/aromatic N) is 3. The van der Waals surface area contributed by atoms with Crippen LogP contribution in [0.25, 0.3) is 5.65 Å². The van der Waals surface area contributed by atoms with Crippen LogP contribution in [0.15, 0.2) is 71.9 Å². The third kappa shape index (κ3) is 5.13. The van der Waals surface area contributed by atoms with Crippen molar-refractivity contribution >= 4 is 27.3 Å². The fraction of sp³-hybridized carbons (Fsp3) is 0.200. The summed E-state index contributed by atoms with van der Waals surface area (Å²) in [7, 11) is 0.648. The van der Waals surface area contributed by atoms with Crippen LogP contribution in [0.5, 0.6) is 11.5 Å². The fourth-order valence-corrected chi connectivity index (χ4v) is 4.44. The largest absolute Gasteiger partial charge is 0.495 e. The number of aryl methyl sites for hydroxylation is 1. The predicted molar refractivity (Wildman–Crippen MR) is 133 cm³/mol. The van der Waals surface area contributed by atoms with Gasteiger partial charge >= 0.3 is 0 Å². The Bertz CT molecular complexity index is 1500. The summed E-state index contributed by atoms with van der Waals surface area (Å²) in [6, 6.07) is 15.0. The monoisotopic (exact) mass is 494 g/mol. The SMILES string of the molecule is COc1ccc(S(=O)(=O)N(C)C)cc1NC(=O)c1cccc(OCc2cn3cccc(C)c3n2)c1. The van der Waals surface area contributed by atoms with E-state index in [0.717, 1.165) is 21.2 Å². The molecule has 182 valence electrons. The molecule has 0 aliphatic rings. The second-order valence-electron chi connectivity index (χ2n) is 8.07. The van der Waals surface area contributed by atoms with Crippen LogP contribution in [0, 0.1) is 6.92 Å². The van der Waals surface area contributed by atoms with Gasteiger partial charge in [0.15, 0.2) is 0 Å². The summed E-state index contributed by atoms with van der Waals surface area (Å²) < 4.78 is 39.2. The van der Waals surface area contributed by atoms with E-state index in [1.54, 1.807) is 24.3 Å². The number of carbonyl (C=O) groups is 1. The number of anilines is 1. The van der Waals surface area contributed by atoms with Gasteiger partial charge in [-0.2, -0.15) is 0 Å². The Hall–Kier alpha value is -3.89. The van der Waals surface area contributed by atoms with Gasteiger partial charge in [0, 0.05) is 32.1 Å². The van der Waals surface area contributed by atoms with Gasteiger partial charge in [0.2, 0.25) is 10.0 Å². The summed E-state index contributed by atoms with van der Waals surface area (Å²) in [5, 5.41) is 2.74. The third-order valence-electron chi connectivity index (χ3n) is 5.41. The van der Waals surface area contributed by atoms with E-state index in [-0.39, 0.29) is 17.2 Å². The van der Waals surface area contributed by atoms with E-state index >= 15 is 0 Å². The molecule has 0 spiro atoms. The predicted octanol–water partition coefficient (Wildman–Crippen LogP) is 3.73. The first-order chi connectivity index (χ1) is 16.7. The quantitative estimate of drug-likeness (QED) is 0.400. The highest BCUT2D eigenvalue weighted by molar-refractivity contribution is 7.89. The first-order valence-electron chi connectivity index (χ1n) is 10.8. The molecule has 2 aromatic carbocycles. The van der Waals surface area contributed by atoms with E-state index in [2.05, 4.69) is 10.3 Å². The highest BCUT2D eigenvalue weighted by atomic mass is 32.2. The number of sulfonamides is 1. The number of ether oxygens (including phenoxy) is 2. The first-order valence-corrected chi connectivity index (χ1v) is 12.2. The Labute approximate surface area is 204 Å². The Morgan fingerprint density at radius 2 is 1.91 bits per heavy atom. The minimum atomic E-state index is -3.68. The summed E-state index contributed by atoms with van der Waals surface area (Å²) in [4.78, 5) is 17.6. The van der Waals surface area contributed by atoms with Crippen molar-refractivity contribution < 1.29 is 22.7 Å². The number of hydrogen-bond donors (Lipinski definition) is 1. The van der Waals surface area contributed by atoms with Gasteiger partial charge in [-0.15, -0.1) is 0 Å². The normalized spacial score (nSPS) is 11.6. The fourth-order valence-electron chi connectivity index (χ4n) is 3.51. The van der Waals surface area contributed by atoms with Crippen LogP contribution in [0.3, 0.4) is 0 Å². The second kappa shape index (κ2) is 9.77. The highest BCUT2D eigenvalue weighted by Gasteiger charge is 2.20. The number of pyridine rings is 1. The molecule has 2 aromatic heterocycles. The van der Waals surface area contributed by atoms with Crippen molar-refractivity contribution in [2.24, 2.45) is 0 Å². The number of benzene rings is 2. The van der Waals surface area contributed by atoms with Crippen LogP contribution in [-0.2, 0) is 16.6 Å². The molecule has 0 saturated heterocycles. The third-order valence-corrected chi connectivity index (χ3v) is 7.22. The summed E-state index contributed by atoms with van der Waals surface area (Å²) >= 11 is 0. The van der Waals surface area contributed by atoms with Gasteiger partial charge in [-0.05, 0) is 55.0 Å². The average molecular weight is 495 g/mol. The van der Waals surface area contributed by atoms with Crippen molar-refractivity contribution in [2.75, 3.05) is 26.5 Å². The lowest BCUT2D eigenvalue weighted by Crippen LogP contribution is -2.22. The number of amides is 1. The lowest BCUT2D eigenvalue weighted by Gasteiger charge is -2.15. The number of methoxy groups -OCH3 is 1. The molecular formula is C25H26N4O5S. The number of aromatic nitrogens is 2. The number of imidazole rings is 1. The molecule has 1 N–H and O–H groups in total. The molecular weight excluding hydrogens is 468 g/mol. The molecule has 0 saturated carbocycles. The van der Waals surface area contributed by atoms with Crippen LogP contribution in [0.4, 0.5) is 5.69 Å². The van der Waals surface area contributed by atoms with Crippen LogP contribution >= 0.6 is 0 Å². The van der Waals surface area contributed by atoms with Crippen molar-refractivity contribution in [3.8, 4) is 11.5 Å². The molecule has 10 heteroatoms. The molecule has 0 atom stereocenters. The number of hydrogen-bond acceptors (Lipinski definition) is 6. The summed E-state index contributed by atoms with van der Waals surface area (Å²) in [5.41, 5.74) is 3.28. The standard InChI is InChI=1S/C25H26N4O5S/c1-17-7-6-12-29-15-19(26-24(17)29)16-34-20-9-5-8-18(13-20)25(30)27-22-14-21(10-11-23(22)33-4)35(31,32)28(2)3/h5-15H,16H2,1-4H3,(H,27,30). The van der Waals surface area contributed by atoms with Crippen LogP contribution in [-0.4, -0.2) is 49.2 Å². The van der Waals surface area contributed by atoms with Crippen LogP contribution < -0.4 is 14.8 Å². The molecule has 4 rings (SSSR count). The van der Waals surface area contributed by atoms with Crippen molar-refractivity contribution in [3.63, 3.8) is 0 Å². The van der Waals surface area contributed by atoms with Gasteiger partial charge in [-0.1, -0.05) is 12.1 Å². The van der Waals surface area contributed by atoms with Crippen LogP contribution in [0.2, 0.25) is 0 Å². The molecule has 0 radical (unpaired) electrons. The van der Waals surface area contributed by atoms with E-state index in [4.69, 9.17) is 9.47 Å². The Balaban J connectivity index is 1.51. The average Bonchev–Trinajstić information content (AvgIpc) is 3.27. The van der Waals surface area contributed by atoms with Crippen molar-refractivity contribution in [2.45, 2.75) is 18.4 Å². The number of carbonyl (C=O) groups excluding carboxylic acids is 1. The number of fused-ring (bicyclic) bond motifs is 1. The maximum atomic E-state index is 13.0. The number of nitrogens with one attached hydrogen (secondary N) is 1. The maximum absolute atomic E-state index is 13.0. The molecule has 0 aliphatic heterocycles. The van der Waals surface area contributed by atoms with Gasteiger partial charge in [-0.25, -0.2) is 17.7 Å². The zero-order valence-corrected chi connectivity index (χ0v) is 20.7. The topological polar surface area (TPSA) is 102 Å². The molecule has 1 amide bonds. The maximum Gasteiger partial charge on any atom is 0.255 e. The van der Waals surface area contributed by atoms with E-state index < -0.39 is 15.9 Å². The zero-order valence-electron chi connectivity index (χ0n) is 19.8. The minimum Gasteiger partial charge on any atom is -0.495 e. The first kappa shape index (κ1) is 24.2. The lowest BCUT2D eigenvalue weighted by molar-refractivity contribution is 0.102. The smallest absolute Gasteiger partial charge is 0.255 e. The van der Waals surface area contributed by atoms with E-state index in [1.165, 1.54) is 39.4 Å². The molecule has 0 bridgehead atoms. The lowest BCUT2D eigenvalue weighted by atomic mass is 10.2. The van der Waals surface area contributed by atoms with Gasteiger partial charge < -0.3 is 19.2 Å². The molecule has 0 fully saturated rings. The summed E-state index contributed by atoms with van der Waals surface area (Å²) in [5.74, 6) is 0.407. The van der Waals surface area contributed by atoms with Gasteiger partial charge in [0.1, 0.15) is 23.8 Å². The Kier molecular flexibility index (Phi) is 6.77. The molecule has 35 heavy (non-hydrogen) atoms. The van der Waals surface area contributed by atoms with Gasteiger partial charge in [0.25, 0.3) is 5.91 Å². The van der Waals surface area contributed by atoms with Gasteiger partial charge in [0.05, 0.1) is 23.4 Å². The van der Waals surface area contributed by atoms with Crippen molar-refractivity contribution in [1.29, 1.82) is 0 Å². The summed E-state index contributed by atoms with van der Waals surface area (Å²) in [6.07, 6.45) is 3.83. The second-order valence-corrected chi connectivity index (χ2v) is 10.2. The molecule has 0 aliphatic carbocycles. The molecule has 0 unspecified atom stereocenters.